The van der Waals surface area contributed by atoms with Gasteiger partial charge in [-0.1, -0.05) is 78.2 Å². The zero-order valence-corrected chi connectivity index (χ0v) is 28.9. The van der Waals surface area contributed by atoms with E-state index >= 15 is 0 Å². The first-order valence-corrected chi connectivity index (χ1v) is 15.5. The normalized spacial score (nSPS) is 14.7. The fourth-order valence-corrected chi connectivity index (χ4v) is 5.18. The number of amides is 1. The Labute approximate surface area is 259 Å². The van der Waals surface area contributed by atoms with Gasteiger partial charge in [0.15, 0.2) is 0 Å². The zero-order chi connectivity index (χ0) is 31.2. The summed E-state index contributed by atoms with van der Waals surface area (Å²) in [7, 11) is 1.40. The lowest BCUT2D eigenvalue weighted by molar-refractivity contribution is -0.141. The van der Waals surface area contributed by atoms with Gasteiger partial charge in [0.1, 0.15) is 5.60 Å². The highest BCUT2D eigenvalue weighted by atomic mass is 32.1. The van der Waals surface area contributed by atoms with Gasteiger partial charge in [0.05, 0.1) is 28.5 Å². The van der Waals surface area contributed by atoms with Crippen LogP contribution in [0.25, 0.3) is 0 Å². The van der Waals surface area contributed by atoms with Gasteiger partial charge in [-0.3, -0.25) is 4.79 Å². The van der Waals surface area contributed by atoms with E-state index in [1.807, 2.05) is 41.5 Å². The Morgan fingerprint density at radius 3 is 1.68 bits per heavy atom. The lowest BCUT2D eigenvalue weighted by Gasteiger charge is -2.28. The van der Waals surface area contributed by atoms with E-state index in [0.29, 0.717) is 35.2 Å². The number of hydrogen-bond donors (Lipinski definition) is 4. The predicted octanol–water partition coefficient (Wildman–Crippen LogP) is 5.85. The van der Waals surface area contributed by atoms with Gasteiger partial charge in [-0.05, 0) is 51.9 Å². The van der Waals surface area contributed by atoms with E-state index in [2.05, 4.69) is 49.0 Å². The molecular weight excluding hydrogens is 565 g/mol. The first-order chi connectivity index (χ1) is 18.3. The summed E-state index contributed by atoms with van der Waals surface area (Å²) in [5.74, 6) is 0.599. The molecule has 0 radical (unpaired) electrons. The zero-order valence-electron chi connectivity index (χ0n) is 26.4. The highest BCUT2D eigenvalue weighted by Gasteiger charge is 2.24. The number of carbonyl (C=O) groups is 2. The van der Waals surface area contributed by atoms with Crippen LogP contribution in [0.3, 0.4) is 0 Å². The summed E-state index contributed by atoms with van der Waals surface area (Å²) >= 11 is 17.0. The lowest BCUT2D eigenvalue weighted by atomic mass is 9.98. The van der Waals surface area contributed by atoms with Crippen LogP contribution in [0.5, 0.6) is 0 Å². The lowest BCUT2D eigenvalue weighted by Crippen LogP contribution is -2.46. The molecule has 0 aromatic heterocycles. The second-order valence-electron chi connectivity index (χ2n) is 12.7. The molecular formula is C29H54N4O4S3. The molecule has 0 fully saturated rings. The van der Waals surface area contributed by atoms with Crippen LogP contribution in [-0.2, 0) is 14.3 Å². The van der Waals surface area contributed by atoms with Crippen LogP contribution in [0, 0.1) is 17.8 Å². The molecule has 8 nitrogen and oxygen atoms in total. The van der Waals surface area contributed by atoms with E-state index in [1.54, 1.807) is 0 Å². The van der Waals surface area contributed by atoms with E-state index in [9.17, 15) is 9.59 Å². The third kappa shape index (κ3) is 18.7. The Bertz CT molecular complexity index is 844. The van der Waals surface area contributed by atoms with Crippen molar-refractivity contribution in [2.45, 2.75) is 131 Å². The molecule has 0 saturated heterocycles. The van der Waals surface area contributed by atoms with Crippen LogP contribution < -0.4 is 21.3 Å². The summed E-state index contributed by atoms with van der Waals surface area (Å²) in [6.07, 6.45) is 2.45. The van der Waals surface area contributed by atoms with Gasteiger partial charge in [-0.15, -0.1) is 0 Å². The van der Waals surface area contributed by atoms with Crippen LogP contribution in [0.4, 0.5) is 4.79 Å². The highest BCUT2D eigenvalue weighted by molar-refractivity contribution is 7.80. The Morgan fingerprint density at radius 1 is 0.700 bits per heavy atom. The van der Waals surface area contributed by atoms with Crippen LogP contribution >= 0.6 is 36.7 Å². The molecule has 0 spiro atoms. The van der Waals surface area contributed by atoms with Gasteiger partial charge in [-0.25, -0.2) is 4.79 Å². The molecule has 0 bridgehead atoms. The van der Waals surface area contributed by atoms with Crippen molar-refractivity contribution in [2.75, 3.05) is 7.11 Å². The second-order valence-corrected chi connectivity index (χ2v) is 14.1. The van der Waals surface area contributed by atoms with Crippen LogP contribution in [0.2, 0.25) is 0 Å². The number of carbonyl (C=O) groups excluding carboxylic acids is 2. The average molecular weight is 619 g/mol. The highest BCUT2D eigenvalue weighted by Crippen LogP contribution is 2.14. The molecule has 4 N–H and O–H groups in total. The topological polar surface area (TPSA) is 101 Å². The molecule has 0 aromatic carbocycles. The summed E-state index contributed by atoms with van der Waals surface area (Å²) in [4.78, 5) is 26.2. The Balaban J connectivity index is 5.00. The van der Waals surface area contributed by atoms with E-state index in [0.717, 1.165) is 11.4 Å². The molecule has 0 aliphatic rings. The van der Waals surface area contributed by atoms with Gasteiger partial charge < -0.3 is 30.7 Å². The van der Waals surface area contributed by atoms with Crippen molar-refractivity contribution in [3.63, 3.8) is 0 Å². The van der Waals surface area contributed by atoms with Crippen molar-refractivity contribution in [3.05, 3.63) is 0 Å². The summed E-state index contributed by atoms with van der Waals surface area (Å²) < 4.78 is 10.2. The molecule has 0 heterocycles. The van der Waals surface area contributed by atoms with Crippen LogP contribution in [0.1, 0.15) is 101 Å². The third-order valence-electron chi connectivity index (χ3n) is 6.13. The van der Waals surface area contributed by atoms with Crippen molar-refractivity contribution < 1.29 is 19.1 Å². The van der Waals surface area contributed by atoms with Crippen molar-refractivity contribution in [2.24, 2.45) is 17.8 Å². The number of rotatable bonds is 16. The number of ether oxygens (including phenoxy) is 2. The van der Waals surface area contributed by atoms with Crippen molar-refractivity contribution in [3.8, 4) is 0 Å². The number of methoxy groups -OCH3 is 1. The number of thiocarbonyl (C=S) groups is 3. The van der Waals surface area contributed by atoms with E-state index in [4.69, 9.17) is 46.1 Å². The molecule has 0 saturated carbocycles. The van der Waals surface area contributed by atoms with E-state index in [-0.39, 0.29) is 48.4 Å². The minimum absolute atomic E-state index is 0.0111. The molecule has 0 unspecified atom stereocenters. The number of nitrogens with one attached hydrogen (secondary N) is 4. The summed E-state index contributed by atoms with van der Waals surface area (Å²) in [6.45, 7) is 20.1. The van der Waals surface area contributed by atoms with Gasteiger partial charge in [0.2, 0.25) is 0 Å². The molecule has 0 rings (SSSR count). The summed E-state index contributed by atoms with van der Waals surface area (Å²) in [5.41, 5.74) is -0.562. The van der Waals surface area contributed by atoms with Gasteiger partial charge in [0, 0.05) is 43.4 Å². The maximum absolute atomic E-state index is 12.3. The van der Waals surface area contributed by atoms with Gasteiger partial charge in [0.25, 0.3) is 0 Å². The maximum Gasteiger partial charge on any atom is 0.407 e. The molecule has 4 atom stereocenters. The van der Waals surface area contributed by atoms with Crippen LogP contribution in [-0.4, -0.2) is 63.9 Å². The third-order valence-corrected chi connectivity index (χ3v) is 6.98. The molecule has 1 amide bonds. The number of alkyl carbamates (subject to hydrolysis) is 1. The monoisotopic (exact) mass is 618 g/mol. The van der Waals surface area contributed by atoms with E-state index < -0.39 is 11.7 Å². The Morgan fingerprint density at radius 2 is 1.20 bits per heavy atom. The average Bonchev–Trinajstić information content (AvgIpc) is 2.75. The minimum atomic E-state index is -0.562. The Kier molecular flexibility index (Phi) is 18.0. The number of esters is 1. The van der Waals surface area contributed by atoms with Gasteiger partial charge in [-0.2, -0.15) is 0 Å². The van der Waals surface area contributed by atoms with Crippen molar-refractivity contribution in [1.82, 2.24) is 21.3 Å². The van der Waals surface area contributed by atoms with Crippen LogP contribution in [0.15, 0.2) is 0 Å². The smallest absolute Gasteiger partial charge is 0.407 e. The van der Waals surface area contributed by atoms with Crippen molar-refractivity contribution >= 4 is 63.7 Å². The second kappa shape index (κ2) is 18.8. The quantitative estimate of drug-likeness (QED) is 0.125. The summed E-state index contributed by atoms with van der Waals surface area (Å²) in [5, 5.41) is 13.2. The molecule has 0 aliphatic heterocycles. The Hall–Kier alpha value is -1.59. The van der Waals surface area contributed by atoms with Gasteiger partial charge >= 0.3 is 12.1 Å². The predicted molar refractivity (Wildman–Crippen MR) is 177 cm³/mol. The fourth-order valence-electron chi connectivity index (χ4n) is 4.03. The minimum Gasteiger partial charge on any atom is -0.469 e. The fraction of sp³-hybridized carbons (Fsp3) is 0.828. The first kappa shape index (κ1) is 38.4. The number of hydrogen-bond acceptors (Lipinski definition) is 7. The largest absolute Gasteiger partial charge is 0.469 e. The van der Waals surface area contributed by atoms with Crippen molar-refractivity contribution in [1.29, 1.82) is 0 Å². The molecule has 0 aliphatic carbocycles. The first-order valence-electron chi connectivity index (χ1n) is 14.3. The molecule has 11 heteroatoms. The summed E-state index contributed by atoms with van der Waals surface area (Å²) in [6, 6.07) is -0.154. The molecule has 0 aromatic rings. The molecule has 232 valence electrons. The van der Waals surface area contributed by atoms with E-state index in [1.165, 1.54) is 7.11 Å². The molecule has 40 heavy (non-hydrogen) atoms. The maximum atomic E-state index is 12.3. The SMILES string of the molecule is COC(=O)C[C@@H](NC(=S)C[C@H](CC(C)C)NC(=S)C[C@H](C)NC(=S)C[C@@H](NC(=O)OC(C)(C)C)C(C)C)C(C)C. The standard InChI is InChI=1S/C29H54N4O4S3/c1-17(2)12-21(14-25(39)32-23(19(5)6)16-27(34)36-11)31-24(38)13-20(7)30-26(40)15-22(18(3)4)33-28(35)37-29(8,9)10/h17-23H,12-16H2,1-11H3,(H,30,40)(H,31,38)(H,32,39)(H,33,35)/t20-,21-,22+,23+/m0/s1.